The van der Waals surface area contributed by atoms with Crippen molar-refractivity contribution >= 4 is 33.1 Å². The van der Waals surface area contributed by atoms with Crippen molar-refractivity contribution in [3.05, 3.63) is 40.7 Å². The number of hydrogen-bond donors (Lipinski definition) is 2. The number of piperazine rings is 1. The van der Waals surface area contributed by atoms with Crippen LogP contribution in [0.1, 0.15) is 27.7 Å². The van der Waals surface area contributed by atoms with E-state index in [1.54, 1.807) is 17.7 Å². The molecule has 4 aromatic rings. The van der Waals surface area contributed by atoms with E-state index in [4.69, 9.17) is 0 Å². The zero-order valence-corrected chi connectivity index (χ0v) is 16.8. The van der Waals surface area contributed by atoms with E-state index in [0.29, 0.717) is 0 Å². The molecule has 0 aliphatic carbocycles. The predicted molar refractivity (Wildman–Crippen MR) is 111 cm³/mol. The summed E-state index contributed by atoms with van der Waals surface area (Å²) in [4.78, 5) is 23.5. The van der Waals surface area contributed by atoms with Gasteiger partial charge in [-0.25, -0.2) is 9.50 Å². The van der Waals surface area contributed by atoms with Gasteiger partial charge in [-0.15, -0.1) is 11.3 Å². The molecule has 0 atom stereocenters. The number of rotatable bonds is 3. The van der Waals surface area contributed by atoms with E-state index in [1.165, 1.54) is 10.3 Å². The molecule has 0 aromatic carbocycles. The molecular formula is C20H22N6OS. The number of aromatic nitrogens is 4. The number of carbonyl (C=O) groups is 1. The highest BCUT2D eigenvalue weighted by Gasteiger charge is 2.23. The molecule has 7 nitrogen and oxygen atoms in total. The van der Waals surface area contributed by atoms with Gasteiger partial charge in [-0.1, -0.05) is 6.92 Å². The van der Waals surface area contributed by atoms with Crippen LogP contribution in [0.15, 0.2) is 24.7 Å². The van der Waals surface area contributed by atoms with Gasteiger partial charge in [0.15, 0.2) is 5.65 Å². The number of hydrogen-bond acceptors (Lipinski definition) is 5. The van der Waals surface area contributed by atoms with Crippen molar-refractivity contribution in [3.63, 3.8) is 0 Å². The van der Waals surface area contributed by atoms with Crippen LogP contribution < -0.4 is 5.32 Å². The van der Waals surface area contributed by atoms with Crippen LogP contribution in [0, 0.1) is 6.92 Å². The summed E-state index contributed by atoms with van der Waals surface area (Å²) in [6.07, 6.45) is 4.48. The molecule has 1 fully saturated rings. The monoisotopic (exact) mass is 394 g/mol. The Balaban J connectivity index is 1.57. The number of nitrogens with one attached hydrogen (secondary N) is 2. The molecule has 5 heterocycles. The summed E-state index contributed by atoms with van der Waals surface area (Å²) < 4.78 is 2.99. The molecule has 4 aromatic heterocycles. The predicted octanol–water partition coefficient (Wildman–Crippen LogP) is 2.86. The highest BCUT2D eigenvalue weighted by molar-refractivity contribution is 7.21. The Kier molecular flexibility index (Phi) is 4.17. The summed E-state index contributed by atoms with van der Waals surface area (Å²) in [5.41, 5.74) is 6.43. The molecule has 144 valence electrons. The van der Waals surface area contributed by atoms with Crippen LogP contribution in [0.25, 0.3) is 27.1 Å². The number of amides is 1. The number of thiophene rings is 1. The van der Waals surface area contributed by atoms with Gasteiger partial charge in [-0.3, -0.25) is 4.79 Å². The molecule has 0 radical (unpaired) electrons. The van der Waals surface area contributed by atoms with Crippen LogP contribution >= 0.6 is 11.3 Å². The number of aryl methyl sites for hydroxylation is 2. The van der Waals surface area contributed by atoms with Crippen molar-refractivity contribution in [1.82, 2.24) is 29.8 Å². The summed E-state index contributed by atoms with van der Waals surface area (Å²) in [5.74, 6) is 0.139. The normalized spacial score (nSPS) is 15.0. The minimum Gasteiger partial charge on any atom is -0.354 e. The molecule has 2 N–H and O–H groups in total. The summed E-state index contributed by atoms with van der Waals surface area (Å²) >= 11 is 1.60. The Bertz CT molecular complexity index is 1180. The summed E-state index contributed by atoms with van der Waals surface area (Å²) in [6, 6.07) is 4.15. The van der Waals surface area contributed by atoms with Gasteiger partial charge in [0.1, 0.15) is 6.33 Å². The topological polar surface area (TPSA) is 78.3 Å². The van der Waals surface area contributed by atoms with Crippen molar-refractivity contribution in [2.45, 2.75) is 20.3 Å². The Hall–Kier alpha value is -2.71. The van der Waals surface area contributed by atoms with Gasteiger partial charge >= 0.3 is 0 Å². The van der Waals surface area contributed by atoms with Gasteiger partial charge in [0.05, 0.1) is 20.8 Å². The number of H-pyrrole nitrogens is 1. The number of pyridine rings is 1. The fraction of sp³-hybridized carbons (Fsp3) is 0.350. The maximum Gasteiger partial charge on any atom is 0.264 e. The van der Waals surface area contributed by atoms with Gasteiger partial charge in [0, 0.05) is 37.9 Å². The smallest absolute Gasteiger partial charge is 0.264 e. The van der Waals surface area contributed by atoms with Crippen LogP contribution in [0.2, 0.25) is 0 Å². The third-order valence-corrected chi connectivity index (χ3v) is 6.57. The highest BCUT2D eigenvalue weighted by Crippen LogP contribution is 2.37. The molecular weight excluding hydrogens is 372 g/mol. The van der Waals surface area contributed by atoms with Crippen molar-refractivity contribution in [3.8, 4) is 11.3 Å². The van der Waals surface area contributed by atoms with E-state index in [1.807, 2.05) is 21.7 Å². The molecule has 1 aliphatic heterocycles. The Morgan fingerprint density at radius 2 is 2.11 bits per heavy atom. The molecule has 1 amide bonds. The average Bonchev–Trinajstić information content (AvgIpc) is 3.41. The average molecular weight is 395 g/mol. The maximum atomic E-state index is 12.9. The van der Waals surface area contributed by atoms with Gasteiger partial charge in [-0.2, -0.15) is 5.10 Å². The first-order chi connectivity index (χ1) is 13.7. The Labute approximate surface area is 166 Å². The first-order valence-corrected chi connectivity index (χ1v) is 10.4. The van der Waals surface area contributed by atoms with Crippen LogP contribution in [-0.4, -0.2) is 56.6 Å². The van der Waals surface area contributed by atoms with E-state index in [-0.39, 0.29) is 5.91 Å². The second-order valence-corrected chi connectivity index (χ2v) is 8.22. The lowest BCUT2D eigenvalue weighted by molar-refractivity contribution is 0.0741. The van der Waals surface area contributed by atoms with Crippen LogP contribution in [0.5, 0.6) is 0 Å². The van der Waals surface area contributed by atoms with E-state index >= 15 is 0 Å². The van der Waals surface area contributed by atoms with Crippen molar-refractivity contribution < 1.29 is 4.79 Å². The SMILES string of the molecule is CCc1c(-c2cc(C)c3ncnn3c2)[nH]c2cc(C(=O)N3CCNCC3)sc12. The molecule has 5 rings (SSSR count). The van der Waals surface area contributed by atoms with Crippen LogP contribution in [0.4, 0.5) is 0 Å². The summed E-state index contributed by atoms with van der Waals surface area (Å²) in [5, 5.41) is 7.58. The minimum absolute atomic E-state index is 0.139. The highest BCUT2D eigenvalue weighted by atomic mass is 32.1. The van der Waals surface area contributed by atoms with E-state index in [2.05, 4.69) is 40.3 Å². The second kappa shape index (κ2) is 6.72. The fourth-order valence-corrected chi connectivity index (χ4v) is 5.18. The lowest BCUT2D eigenvalue weighted by Gasteiger charge is -2.26. The molecule has 28 heavy (non-hydrogen) atoms. The molecule has 8 heteroatoms. The first kappa shape index (κ1) is 17.4. The molecule has 0 unspecified atom stereocenters. The van der Waals surface area contributed by atoms with Crippen molar-refractivity contribution in [2.24, 2.45) is 0 Å². The van der Waals surface area contributed by atoms with Crippen LogP contribution in [0.3, 0.4) is 0 Å². The zero-order valence-electron chi connectivity index (χ0n) is 16.0. The zero-order chi connectivity index (χ0) is 19.3. The van der Waals surface area contributed by atoms with Crippen LogP contribution in [-0.2, 0) is 6.42 Å². The third-order valence-electron chi connectivity index (χ3n) is 5.38. The van der Waals surface area contributed by atoms with E-state index in [9.17, 15) is 4.79 Å². The Morgan fingerprint density at radius 3 is 2.89 bits per heavy atom. The Morgan fingerprint density at radius 1 is 1.29 bits per heavy atom. The number of nitrogens with zero attached hydrogens (tertiary/aromatic N) is 4. The van der Waals surface area contributed by atoms with Gasteiger partial charge in [0.25, 0.3) is 5.91 Å². The van der Waals surface area contributed by atoms with Crippen molar-refractivity contribution in [2.75, 3.05) is 26.2 Å². The number of aromatic amines is 1. The lowest BCUT2D eigenvalue weighted by atomic mass is 10.1. The standard InChI is InChI=1S/C20H22N6OS/c1-3-14-17(13-8-12(2)19-22-11-23-26(19)10-13)24-15-9-16(28-18(14)15)20(27)25-6-4-21-5-7-25/h8-11,21,24H,3-7H2,1-2H3. The molecule has 1 saturated heterocycles. The summed E-state index contributed by atoms with van der Waals surface area (Å²) in [6.45, 7) is 7.48. The van der Waals surface area contributed by atoms with Gasteiger partial charge in [-0.05, 0) is 36.6 Å². The number of fused-ring (bicyclic) bond motifs is 2. The van der Waals surface area contributed by atoms with Gasteiger partial charge < -0.3 is 15.2 Å². The van der Waals surface area contributed by atoms with E-state index < -0.39 is 0 Å². The van der Waals surface area contributed by atoms with Gasteiger partial charge in [0.2, 0.25) is 0 Å². The van der Waals surface area contributed by atoms with Crippen molar-refractivity contribution in [1.29, 1.82) is 0 Å². The second-order valence-electron chi connectivity index (χ2n) is 7.17. The number of carbonyl (C=O) groups excluding carboxylic acids is 1. The fourth-order valence-electron chi connectivity index (χ4n) is 3.98. The maximum absolute atomic E-state index is 12.9. The molecule has 1 aliphatic rings. The molecule has 0 saturated carbocycles. The lowest BCUT2D eigenvalue weighted by Crippen LogP contribution is -2.46. The quantitative estimate of drug-likeness (QED) is 0.560. The summed E-state index contributed by atoms with van der Waals surface area (Å²) in [7, 11) is 0. The molecule has 0 bridgehead atoms. The largest absolute Gasteiger partial charge is 0.354 e. The third kappa shape index (κ3) is 2.71. The molecule has 0 spiro atoms. The van der Waals surface area contributed by atoms with E-state index in [0.717, 1.165) is 65.5 Å². The first-order valence-electron chi connectivity index (χ1n) is 9.60. The minimum atomic E-state index is 0.139.